The zero-order chi connectivity index (χ0) is 12.8. The van der Waals surface area contributed by atoms with Crippen LogP contribution in [0.3, 0.4) is 0 Å². The fourth-order valence-electron chi connectivity index (χ4n) is 2.18. The van der Waals surface area contributed by atoms with Gasteiger partial charge in [-0.05, 0) is 51.8 Å². The van der Waals surface area contributed by atoms with Crippen LogP contribution in [0.5, 0.6) is 5.75 Å². The predicted molar refractivity (Wildman–Crippen MR) is 73.9 cm³/mol. The molecular formula is C15H25NO. The van der Waals surface area contributed by atoms with E-state index in [2.05, 4.69) is 52.1 Å². The molecule has 0 aromatic heterocycles. The fourth-order valence-corrected chi connectivity index (χ4v) is 2.18. The van der Waals surface area contributed by atoms with Crippen LogP contribution in [0.4, 0.5) is 0 Å². The Morgan fingerprint density at radius 1 is 1.18 bits per heavy atom. The maximum Gasteiger partial charge on any atom is 0.125 e. The molecule has 0 fully saturated rings. The van der Waals surface area contributed by atoms with Gasteiger partial charge in [0.2, 0.25) is 0 Å². The van der Waals surface area contributed by atoms with E-state index in [0.29, 0.717) is 6.04 Å². The number of hydrogen-bond donors (Lipinski definition) is 1. The predicted octanol–water partition coefficient (Wildman–Crippen LogP) is 3.38. The first-order valence-electron chi connectivity index (χ1n) is 6.48. The van der Waals surface area contributed by atoms with Gasteiger partial charge >= 0.3 is 0 Å². The zero-order valence-electron chi connectivity index (χ0n) is 11.8. The minimum Gasteiger partial charge on any atom is -0.493 e. The highest BCUT2D eigenvalue weighted by Crippen LogP contribution is 2.24. The van der Waals surface area contributed by atoms with E-state index < -0.39 is 0 Å². The summed E-state index contributed by atoms with van der Waals surface area (Å²) in [5.74, 6) is 1.05. The van der Waals surface area contributed by atoms with E-state index in [0.717, 1.165) is 25.3 Å². The maximum absolute atomic E-state index is 5.90. The molecule has 0 aliphatic rings. The van der Waals surface area contributed by atoms with E-state index in [1.54, 1.807) is 0 Å². The molecule has 0 bridgehead atoms. The van der Waals surface area contributed by atoms with Crippen molar-refractivity contribution < 1.29 is 4.74 Å². The summed E-state index contributed by atoms with van der Waals surface area (Å²) < 4.78 is 5.90. The summed E-state index contributed by atoms with van der Waals surface area (Å²) in [6.45, 7) is 12.5. The van der Waals surface area contributed by atoms with Crippen molar-refractivity contribution in [3.63, 3.8) is 0 Å². The molecule has 2 nitrogen and oxygen atoms in total. The van der Waals surface area contributed by atoms with E-state index in [-0.39, 0.29) is 0 Å². The summed E-state index contributed by atoms with van der Waals surface area (Å²) in [4.78, 5) is 0. The van der Waals surface area contributed by atoms with Crippen molar-refractivity contribution in [3.05, 3.63) is 28.8 Å². The first kappa shape index (κ1) is 14.0. The third-order valence-electron chi connectivity index (χ3n) is 2.95. The fraction of sp³-hybridized carbons (Fsp3) is 0.600. The van der Waals surface area contributed by atoms with Crippen LogP contribution in [-0.4, -0.2) is 19.2 Å². The van der Waals surface area contributed by atoms with Gasteiger partial charge in [-0.15, -0.1) is 0 Å². The maximum atomic E-state index is 5.90. The Kier molecular flexibility index (Phi) is 5.49. The topological polar surface area (TPSA) is 21.3 Å². The van der Waals surface area contributed by atoms with E-state index >= 15 is 0 Å². The van der Waals surface area contributed by atoms with Gasteiger partial charge in [-0.25, -0.2) is 0 Å². The highest BCUT2D eigenvalue weighted by Gasteiger charge is 2.06. The molecule has 0 aliphatic carbocycles. The lowest BCUT2D eigenvalue weighted by Gasteiger charge is -2.16. The molecule has 1 aromatic rings. The molecule has 0 aliphatic heterocycles. The number of hydrogen-bond acceptors (Lipinski definition) is 2. The van der Waals surface area contributed by atoms with Crippen LogP contribution in [0.2, 0.25) is 0 Å². The Bertz CT molecular complexity index is 337. The molecule has 0 amide bonds. The lowest BCUT2D eigenvalue weighted by molar-refractivity contribution is 0.287. The van der Waals surface area contributed by atoms with Crippen LogP contribution in [0, 0.1) is 20.8 Å². The van der Waals surface area contributed by atoms with E-state index in [1.165, 1.54) is 16.7 Å². The van der Waals surface area contributed by atoms with Crippen LogP contribution in [0.15, 0.2) is 12.1 Å². The lowest BCUT2D eigenvalue weighted by atomic mass is 10.1. The largest absolute Gasteiger partial charge is 0.493 e. The normalized spacial score (nSPS) is 12.5. The van der Waals surface area contributed by atoms with Crippen LogP contribution in [0.1, 0.15) is 37.0 Å². The molecule has 0 spiro atoms. The van der Waals surface area contributed by atoms with Crippen molar-refractivity contribution in [1.82, 2.24) is 5.32 Å². The standard InChI is InChI=1S/C15H25NO/c1-6-16-14(5)7-8-17-15-12(3)9-11(2)10-13(15)4/h9-10,14,16H,6-8H2,1-5H3. The highest BCUT2D eigenvalue weighted by atomic mass is 16.5. The molecule has 1 atom stereocenters. The zero-order valence-corrected chi connectivity index (χ0v) is 11.8. The summed E-state index contributed by atoms with van der Waals surface area (Å²) in [6.07, 6.45) is 1.04. The van der Waals surface area contributed by atoms with Gasteiger partial charge in [0.05, 0.1) is 6.61 Å². The average molecular weight is 235 g/mol. The molecular weight excluding hydrogens is 210 g/mol. The number of rotatable bonds is 6. The van der Waals surface area contributed by atoms with Gasteiger partial charge in [0.1, 0.15) is 5.75 Å². The monoisotopic (exact) mass is 235 g/mol. The Morgan fingerprint density at radius 3 is 2.29 bits per heavy atom. The average Bonchev–Trinajstić information content (AvgIpc) is 2.22. The molecule has 0 saturated carbocycles. The van der Waals surface area contributed by atoms with E-state index in [4.69, 9.17) is 4.74 Å². The molecule has 1 unspecified atom stereocenters. The molecule has 17 heavy (non-hydrogen) atoms. The second kappa shape index (κ2) is 6.65. The van der Waals surface area contributed by atoms with Crippen LogP contribution >= 0.6 is 0 Å². The smallest absolute Gasteiger partial charge is 0.125 e. The second-order valence-corrected chi connectivity index (χ2v) is 4.82. The number of benzene rings is 1. The highest BCUT2D eigenvalue weighted by molar-refractivity contribution is 5.42. The Hall–Kier alpha value is -1.02. The third kappa shape index (κ3) is 4.39. The Labute approximate surface area is 105 Å². The van der Waals surface area contributed by atoms with E-state index in [1.807, 2.05) is 0 Å². The van der Waals surface area contributed by atoms with Crippen molar-refractivity contribution >= 4 is 0 Å². The molecule has 96 valence electrons. The summed E-state index contributed by atoms with van der Waals surface area (Å²) in [7, 11) is 0. The van der Waals surface area contributed by atoms with Gasteiger partial charge in [0.15, 0.2) is 0 Å². The van der Waals surface area contributed by atoms with Gasteiger partial charge in [0.25, 0.3) is 0 Å². The summed E-state index contributed by atoms with van der Waals surface area (Å²) in [5.41, 5.74) is 3.77. The number of ether oxygens (including phenoxy) is 1. The van der Waals surface area contributed by atoms with E-state index in [9.17, 15) is 0 Å². The summed E-state index contributed by atoms with van der Waals surface area (Å²) in [5, 5.41) is 3.39. The van der Waals surface area contributed by atoms with Crippen molar-refractivity contribution in [2.24, 2.45) is 0 Å². The molecule has 0 saturated heterocycles. The second-order valence-electron chi connectivity index (χ2n) is 4.82. The third-order valence-corrected chi connectivity index (χ3v) is 2.95. The first-order chi connectivity index (χ1) is 8.04. The molecule has 2 heteroatoms. The molecule has 1 rings (SSSR count). The summed E-state index contributed by atoms with van der Waals surface area (Å²) in [6, 6.07) is 4.87. The summed E-state index contributed by atoms with van der Waals surface area (Å²) >= 11 is 0. The number of aryl methyl sites for hydroxylation is 3. The van der Waals surface area contributed by atoms with Crippen LogP contribution < -0.4 is 10.1 Å². The van der Waals surface area contributed by atoms with Crippen molar-refractivity contribution in [2.45, 2.75) is 47.1 Å². The minimum atomic E-state index is 0.520. The van der Waals surface area contributed by atoms with Gasteiger partial charge in [-0.2, -0.15) is 0 Å². The molecule has 0 heterocycles. The minimum absolute atomic E-state index is 0.520. The number of nitrogens with one attached hydrogen (secondary N) is 1. The van der Waals surface area contributed by atoms with Crippen LogP contribution in [0.25, 0.3) is 0 Å². The quantitative estimate of drug-likeness (QED) is 0.816. The molecule has 1 N–H and O–H groups in total. The van der Waals surface area contributed by atoms with Crippen LogP contribution in [-0.2, 0) is 0 Å². The first-order valence-corrected chi connectivity index (χ1v) is 6.48. The van der Waals surface area contributed by atoms with Crippen molar-refractivity contribution in [2.75, 3.05) is 13.2 Å². The SMILES string of the molecule is CCNC(C)CCOc1c(C)cc(C)cc1C. The lowest BCUT2D eigenvalue weighted by Crippen LogP contribution is -2.27. The van der Waals surface area contributed by atoms with Gasteiger partial charge in [-0.1, -0.05) is 24.6 Å². The van der Waals surface area contributed by atoms with Gasteiger partial charge < -0.3 is 10.1 Å². The van der Waals surface area contributed by atoms with Crippen molar-refractivity contribution in [3.8, 4) is 5.75 Å². The molecule has 0 radical (unpaired) electrons. The van der Waals surface area contributed by atoms with Crippen molar-refractivity contribution in [1.29, 1.82) is 0 Å². The van der Waals surface area contributed by atoms with Gasteiger partial charge in [-0.3, -0.25) is 0 Å². The van der Waals surface area contributed by atoms with Gasteiger partial charge in [0, 0.05) is 6.04 Å². The molecule has 1 aromatic carbocycles. The Morgan fingerprint density at radius 2 is 1.76 bits per heavy atom. The Balaban J connectivity index is 2.52.